The van der Waals surface area contributed by atoms with Gasteiger partial charge in [-0.1, -0.05) is 12.7 Å². The van der Waals surface area contributed by atoms with E-state index in [0.717, 1.165) is 6.08 Å². The van der Waals surface area contributed by atoms with Crippen molar-refractivity contribution in [2.24, 2.45) is 0 Å². The van der Waals surface area contributed by atoms with Gasteiger partial charge in [0.2, 0.25) is 0 Å². The van der Waals surface area contributed by atoms with Gasteiger partial charge in [0, 0.05) is 17.7 Å². The largest absolute Gasteiger partial charge is 0.497 e. The fourth-order valence-corrected chi connectivity index (χ4v) is 1.29. The fourth-order valence-electron chi connectivity index (χ4n) is 1.29. The molecule has 0 aliphatic heterocycles. The lowest BCUT2D eigenvalue weighted by atomic mass is 10.1. The molecule has 96 valence electrons. The first-order chi connectivity index (χ1) is 8.56. The highest BCUT2D eigenvalue weighted by Crippen LogP contribution is 2.27. The average Bonchev–Trinajstić information content (AvgIpc) is 2.36. The van der Waals surface area contributed by atoms with Crippen molar-refractivity contribution in [2.45, 2.75) is 13.0 Å². The number of carboxylic acids is 1. The minimum absolute atomic E-state index is 0.172. The molecule has 0 radical (unpaired) electrons. The summed E-state index contributed by atoms with van der Waals surface area (Å²) in [4.78, 5) is 10.5. The van der Waals surface area contributed by atoms with Gasteiger partial charge in [-0.15, -0.1) is 0 Å². The number of carbonyl (C=O) groups is 1. The maximum absolute atomic E-state index is 10.5. The Labute approximate surface area is 106 Å². The Balaban J connectivity index is 3.07. The van der Waals surface area contributed by atoms with Crippen molar-refractivity contribution in [3.63, 3.8) is 0 Å². The highest BCUT2D eigenvalue weighted by Gasteiger charge is 2.06. The summed E-state index contributed by atoms with van der Waals surface area (Å²) in [5, 5.41) is 8.63. The monoisotopic (exact) mass is 248 g/mol. The Hall–Kier alpha value is -2.23. The molecule has 0 aliphatic rings. The van der Waals surface area contributed by atoms with Crippen LogP contribution in [0.25, 0.3) is 6.08 Å². The van der Waals surface area contributed by atoms with Crippen LogP contribution >= 0.6 is 0 Å². The van der Waals surface area contributed by atoms with Crippen LogP contribution in [0.15, 0.2) is 36.9 Å². The molecule has 18 heavy (non-hydrogen) atoms. The van der Waals surface area contributed by atoms with Gasteiger partial charge in [0.1, 0.15) is 17.6 Å². The molecule has 4 heteroatoms. The van der Waals surface area contributed by atoms with Gasteiger partial charge in [-0.2, -0.15) is 0 Å². The lowest BCUT2D eigenvalue weighted by molar-refractivity contribution is -0.131. The number of hydrogen-bond acceptors (Lipinski definition) is 3. The van der Waals surface area contributed by atoms with Crippen molar-refractivity contribution in [2.75, 3.05) is 7.11 Å². The van der Waals surface area contributed by atoms with E-state index < -0.39 is 5.97 Å². The third-order valence-corrected chi connectivity index (χ3v) is 2.27. The molecule has 1 aromatic rings. The smallest absolute Gasteiger partial charge is 0.328 e. The first-order valence-electron chi connectivity index (χ1n) is 5.45. The van der Waals surface area contributed by atoms with Gasteiger partial charge in [-0.25, -0.2) is 4.79 Å². The second-order valence-electron chi connectivity index (χ2n) is 3.63. The molecule has 0 bridgehead atoms. The molecular weight excluding hydrogens is 232 g/mol. The molecule has 4 nitrogen and oxygen atoms in total. The first-order valence-corrected chi connectivity index (χ1v) is 5.45. The molecule has 0 saturated carbocycles. The second-order valence-corrected chi connectivity index (χ2v) is 3.63. The van der Waals surface area contributed by atoms with Crippen LogP contribution in [0.3, 0.4) is 0 Å². The van der Waals surface area contributed by atoms with Crippen LogP contribution < -0.4 is 9.47 Å². The van der Waals surface area contributed by atoms with Crippen LogP contribution in [0.4, 0.5) is 0 Å². The number of benzene rings is 1. The summed E-state index contributed by atoms with van der Waals surface area (Å²) in [6.07, 6.45) is 4.03. The van der Waals surface area contributed by atoms with Gasteiger partial charge >= 0.3 is 5.97 Å². The summed E-state index contributed by atoms with van der Waals surface area (Å²) in [7, 11) is 1.56. The van der Waals surface area contributed by atoms with Crippen LogP contribution in [0, 0.1) is 0 Å². The van der Waals surface area contributed by atoms with E-state index in [0.29, 0.717) is 17.1 Å². The quantitative estimate of drug-likeness (QED) is 0.621. The van der Waals surface area contributed by atoms with Gasteiger partial charge in [0.15, 0.2) is 0 Å². The Morgan fingerprint density at radius 1 is 1.50 bits per heavy atom. The van der Waals surface area contributed by atoms with Crippen LogP contribution in [0.2, 0.25) is 0 Å². The molecule has 1 N–H and O–H groups in total. The number of rotatable bonds is 6. The summed E-state index contributed by atoms with van der Waals surface area (Å²) >= 11 is 0. The lowest BCUT2D eigenvalue weighted by Crippen LogP contribution is -2.08. The van der Waals surface area contributed by atoms with Gasteiger partial charge in [-0.3, -0.25) is 0 Å². The molecule has 0 spiro atoms. The highest BCUT2D eigenvalue weighted by molar-refractivity contribution is 5.86. The van der Waals surface area contributed by atoms with Crippen LogP contribution in [-0.4, -0.2) is 24.3 Å². The number of aliphatic carboxylic acids is 1. The van der Waals surface area contributed by atoms with E-state index >= 15 is 0 Å². The number of methoxy groups -OCH3 is 1. The summed E-state index contributed by atoms with van der Waals surface area (Å²) in [6, 6.07) is 5.19. The summed E-state index contributed by atoms with van der Waals surface area (Å²) < 4.78 is 10.7. The summed E-state index contributed by atoms with van der Waals surface area (Å²) in [6.45, 7) is 5.48. The second kappa shape index (κ2) is 6.49. The zero-order valence-corrected chi connectivity index (χ0v) is 10.4. The molecule has 0 amide bonds. The van der Waals surface area contributed by atoms with Crippen molar-refractivity contribution in [1.29, 1.82) is 0 Å². The maximum atomic E-state index is 10.5. The Kier molecular flexibility index (Phi) is 4.99. The van der Waals surface area contributed by atoms with Crippen LogP contribution in [0.5, 0.6) is 11.5 Å². The minimum Gasteiger partial charge on any atom is -0.497 e. The molecule has 1 unspecified atom stereocenters. The standard InChI is InChI=1S/C14H16O4/c1-4-10(2)18-13-9-12(17-3)7-5-11(13)6-8-14(15)16/h4-10H,1H2,2-3H3,(H,15,16). The van der Waals surface area contributed by atoms with E-state index in [2.05, 4.69) is 6.58 Å². The highest BCUT2D eigenvalue weighted by atomic mass is 16.5. The molecule has 1 rings (SSSR count). The first kappa shape index (κ1) is 13.8. The molecular formula is C14H16O4. The normalized spacial score (nSPS) is 12.1. The third kappa shape index (κ3) is 3.97. The number of hydrogen-bond donors (Lipinski definition) is 1. The predicted molar refractivity (Wildman–Crippen MR) is 70.0 cm³/mol. The Morgan fingerprint density at radius 2 is 2.22 bits per heavy atom. The van der Waals surface area contributed by atoms with E-state index in [9.17, 15) is 4.79 Å². The fraction of sp³-hybridized carbons (Fsp3) is 0.214. The number of carboxylic acid groups (broad SMARTS) is 1. The third-order valence-electron chi connectivity index (χ3n) is 2.27. The summed E-state index contributed by atoms with van der Waals surface area (Å²) in [5.74, 6) is 0.196. The zero-order valence-electron chi connectivity index (χ0n) is 10.4. The van der Waals surface area contributed by atoms with Gasteiger partial charge < -0.3 is 14.6 Å². The predicted octanol–water partition coefficient (Wildman–Crippen LogP) is 2.75. The molecule has 0 heterocycles. The van der Waals surface area contributed by atoms with Gasteiger partial charge in [0.05, 0.1) is 7.11 Å². The van der Waals surface area contributed by atoms with Crippen molar-refractivity contribution >= 4 is 12.0 Å². The van der Waals surface area contributed by atoms with Crippen molar-refractivity contribution in [1.82, 2.24) is 0 Å². The van der Waals surface area contributed by atoms with Crippen LogP contribution in [0.1, 0.15) is 12.5 Å². The Morgan fingerprint density at radius 3 is 2.78 bits per heavy atom. The van der Waals surface area contributed by atoms with E-state index in [1.54, 1.807) is 31.4 Å². The van der Waals surface area contributed by atoms with Gasteiger partial charge in [0.25, 0.3) is 0 Å². The SMILES string of the molecule is C=CC(C)Oc1cc(OC)ccc1C=CC(=O)O. The topological polar surface area (TPSA) is 55.8 Å². The minimum atomic E-state index is -1.01. The lowest BCUT2D eigenvalue weighted by Gasteiger charge is -2.14. The number of ether oxygens (including phenoxy) is 2. The molecule has 0 saturated heterocycles. The average molecular weight is 248 g/mol. The zero-order chi connectivity index (χ0) is 13.5. The molecule has 0 aliphatic carbocycles. The molecule has 0 fully saturated rings. The van der Waals surface area contributed by atoms with Crippen molar-refractivity contribution in [3.8, 4) is 11.5 Å². The molecule has 1 aromatic carbocycles. The van der Waals surface area contributed by atoms with E-state index in [-0.39, 0.29) is 6.10 Å². The van der Waals surface area contributed by atoms with E-state index in [1.807, 2.05) is 6.92 Å². The van der Waals surface area contributed by atoms with E-state index in [4.69, 9.17) is 14.6 Å². The molecule has 0 aromatic heterocycles. The Bertz CT molecular complexity index is 463. The van der Waals surface area contributed by atoms with Crippen molar-refractivity contribution in [3.05, 3.63) is 42.5 Å². The molecule has 1 atom stereocenters. The van der Waals surface area contributed by atoms with E-state index in [1.165, 1.54) is 6.08 Å². The summed E-state index contributed by atoms with van der Waals surface area (Å²) in [5.41, 5.74) is 0.673. The van der Waals surface area contributed by atoms with Crippen LogP contribution in [-0.2, 0) is 4.79 Å². The van der Waals surface area contributed by atoms with Crippen molar-refractivity contribution < 1.29 is 19.4 Å². The van der Waals surface area contributed by atoms with Gasteiger partial charge in [-0.05, 0) is 25.1 Å². The maximum Gasteiger partial charge on any atom is 0.328 e.